The van der Waals surface area contributed by atoms with E-state index in [1.54, 1.807) is 31.2 Å². The first kappa shape index (κ1) is 45.7. The summed E-state index contributed by atoms with van der Waals surface area (Å²) < 4.78 is 0. The SMILES string of the molecule is C/C=C/C[C@H](NC(=O)[C@H](CCCCN)NC(=O)[C@H](CCCCN)NC(=O)[C@H](C)N)C(=O)N(Cc1ccccc1CC)C(=O)N[C@@H](CC(C)C)C(=O)O. The number of rotatable bonds is 24. The van der Waals surface area contributed by atoms with E-state index in [1.165, 1.54) is 6.92 Å². The highest BCUT2D eigenvalue weighted by Crippen LogP contribution is 2.16. The summed E-state index contributed by atoms with van der Waals surface area (Å²) in [6.07, 6.45) is 6.75. The number of hydrogen-bond acceptors (Lipinski definition) is 9. The van der Waals surface area contributed by atoms with E-state index in [1.807, 2.05) is 32.9 Å². The summed E-state index contributed by atoms with van der Waals surface area (Å²) in [5.41, 5.74) is 18.6. The van der Waals surface area contributed by atoms with Crippen molar-refractivity contribution in [2.75, 3.05) is 13.1 Å². The lowest BCUT2D eigenvalue weighted by atomic mass is 10.0. The molecule has 15 nitrogen and oxygen atoms in total. The Morgan fingerprint density at radius 1 is 0.769 bits per heavy atom. The number of nitrogens with two attached hydrogens (primary N) is 3. The van der Waals surface area contributed by atoms with Gasteiger partial charge in [-0.2, -0.15) is 0 Å². The van der Waals surface area contributed by atoms with Crippen LogP contribution >= 0.6 is 0 Å². The number of carbonyl (C=O) groups is 6. The number of amides is 6. The van der Waals surface area contributed by atoms with E-state index >= 15 is 0 Å². The smallest absolute Gasteiger partial charge is 0.326 e. The maximum Gasteiger partial charge on any atom is 0.326 e. The maximum absolute atomic E-state index is 14.3. The molecule has 1 aromatic carbocycles. The zero-order valence-electron chi connectivity index (χ0n) is 31.5. The molecule has 0 fully saturated rings. The minimum Gasteiger partial charge on any atom is -0.480 e. The van der Waals surface area contributed by atoms with Gasteiger partial charge < -0.3 is 43.6 Å². The first-order chi connectivity index (χ1) is 24.7. The molecular formula is C37H62N8O7. The molecule has 0 aliphatic rings. The van der Waals surface area contributed by atoms with Crippen LogP contribution in [0.5, 0.6) is 0 Å². The van der Waals surface area contributed by atoms with Crippen LogP contribution in [-0.2, 0) is 36.9 Å². The molecule has 0 spiro atoms. The van der Waals surface area contributed by atoms with Gasteiger partial charge in [-0.25, -0.2) is 9.59 Å². The fraction of sp³-hybridized carbons (Fsp3) is 0.622. The van der Waals surface area contributed by atoms with E-state index in [0.29, 0.717) is 50.8 Å². The highest BCUT2D eigenvalue weighted by molar-refractivity contribution is 6.00. The standard InChI is InChI=1S/C37H62N8O7/c1-6-8-17-30(35(49)45(23-27-16-10-9-15-26(27)7-2)37(52)44-31(36(50)51)22-24(3)4)43-34(48)29(19-12-14-21-39)42-33(47)28(18-11-13-20-38)41-32(46)25(5)40/h6,8-10,15-16,24-25,28-31H,7,11-14,17-23,38-40H2,1-5H3,(H,41,46)(H,42,47)(H,43,48)(H,44,52)(H,50,51)/b8-6+/t25-,28-,29-,30-,31-/m0/s1. The number of carbonyl (C=O) groups excluding carboxylic acids is 5. The molecular weight excluding hydrogens is 668 g/mol. The molecule has 0 unspecified atom stereocenters. The first-order valence-electron chi connectivity index (χ1n) is 18.3. The zero-order valence-corrected chi connectivity index (χ0v) is 31.5. The number of carboxylic acids is 1. The van der Waals surface area contributed by atoms with Crippen molar-refractivity contribution >= 4 is 35.6 Å². The van der Waals surface area contributed by atoms with Gasteiger partial charge in [0.1, 0.15) is 24.2 Å². The monoisotopic (exact) mass is 730 g/mol. The summed E-state index contributed by atoms with van der Waals surface area (Å²) in [5, 5.41) is 20.5. The van der Waals surface area contributed by atoms with Crippen molar-refractivity contribution in [1.82, 2.24) is 26.2 Å². The third-order valence-electron chi connectivity index (χ3n) is 8.44. The van der Waals surface area contributed by atoms with Gasteiger partial charge in [0.15, 0.2) is 0 Å². The van der Waals surface area contributed by atoms with E-state index in [9.17, 15) is 33.9 Å². The van der Waals surface area contributed by atoms with Gasteiger partial charge in [-0.3, -0.25) is 24.1 Å². The first-order valence-corrected chi connectivity index (χ1v) is 18.3. The van der Waals surface area contributed by atoms with E-state index in [2.05, 4.69) is 21.3 Å². The van der Waals surface area contributed by atoms with Crippen molar-refractivity contribution in [3.8, 4) is 0 Å². The summed E-state index contributed by atoms with van der Waals surface area (Å²) in [4.78, 5) is 81.1. The second kappa shape index (κ2) is 24.8. The summed E-state index contributed by atoms with van der Waals surface area (Å²) in [7, 11) is 0. The number of nitrogens with zero attached hydrogens (tertiary/aromatic N) is 1. The van der Waals surface area contributed by atoms with Gasteiger partial charge in [-0.1, -0.05) is 57.2 Å². The van der Waals surface area contributed by atoms with Crippen LogP contribution in [-0.4, -0.2) is 88.9 Å². The van der Waals surface area contributed by atoms with Crippen LogP contribution in [0.1, 0.15) is 97.1 Å². The Morgan fingerprint density at radius 2 is 1.29 bits per heavy atom. The van der Waals surface area contributed by atoms with Gasteiger partial charge in [0.25, 0.3) is 5.91 Å². The Bertz CT molecular complexity index is 1340. The molecule has 52 heavy (non-hydrogen) atoms. The van der Waals surface area contributed by atoms with Gasteiger partial charge in [0.05, 0.1) is 12.6 Å². The summed E-state index contributed by atoms with van der Waals surface area (Å²) >= 11 is 0. The summed E-state index contributed by atoms with van der Waals surface area (Å²) in [5.74, 6) is -3.87. The Kier molecular flexibility index (Phi) is 21.8. The molecule has 5 atom stereocenters. The zero-order chi connectivity index (χ0) is 39.2. The number of imide groups is 1. The molecule has 0 aliphatic heterocycles. The largest absolute Gasteiger partial charge is 0.480 e. The van der Waals surface area contributed by atoms with Crippen molar-refractivity contribution in [2.24, 2.45) is 23.1 Å². The third kappa shape index (κ3) is 16.3. The molecule has 0 bridgehead atoms. The van der Waals surface area contributed by atoms with Crippen molar-refractivity contribution in [3.63, 3.8) is 0 Å². The number of aryl methyl sites for hydroxylation is 1. The Labute approximate surface area is 308 Å². The van der Waals surface area contributed by atoms with Crippen LogP contribution in [0.3, 0.4) is 0 Å². The minimum atomic E-state index is -1.26. The number of allylic oxidation sites excluding steroid dienone is 1. The van der Waals surface area contributed by atoms with Crippen LogP contribution in [0.25, 0.3) is 0 Å². The number of hydrogen-bond donors (Lipinski definition) is 8. The van der Waals surface area contributed by atoms with Crippen molar-refractivity contribution in [3.05, 3.63) is 47.5 Å². The van der Waals surface area contributed by atoms with E-state index in [4.69, 9.17) is 17.2 Å². The van der Waals surface area contributed by atoms with Gasteiger partial charge in [-0.05, 0) is 102 Å². The molecule has 0 aliphatic carbocycles. The lowest BCUT2D eigenvalue weighted by molar-refractivity contribution is -0.140. The summed E-state index contributed by atoms with van der Waals surface area (Å²) in [6.45, 7) is 9.39. The molecule has 1 rings (SSSR count). The molecule has 11 N–H and O–H groups in total. The molecule has 0 saturated carbocycles. The van der Waals surface area contributed by atoms with Gasteiger partial charge in [0, 0.05) is 0 Å². The highest BCUT2D eigenvalue weighted by atomic mass is 16.4. The van der Waals surface area contributed by atoms with Gasteiger partial charge in [-0.15, -0.1) is 0 Å². The van der Waals surface area contributed by atoms with E-state index in [0.717, 1.165) is 10.5 Å². The Hall–Kier alpha value is -4.34. The molecule has 6 amide bonds. The fourth-order valence-corrected chi connectivity index (χ4v) is 5.45. The predicted octanol–water partition coefficient (Wildman–Crippen LogP) is 1.81. The number of nitrogens with one attached hydrogen (secondary N) is 4. The molecule has 1 aromatic rings. The van der Waals surface area contributed by atoms with E-state index < -0.39 is 65.8 Å². The maximum atomic E-state index is 14.3. The van der Waals surface area contributed by atoms with Crippen molar-refractivity contribution < 1.29 is 33.9 Å². The van der Waals surface area contributed by atoms with Crippen molar-refractivity contribution in [1.29, 1.82) is 0 Å². The quantitative estimate of drug-likeness (QED) is 0.0566. The fourth-order valence-electron chi connectivity index (χ4n) is 5.45. The molecule has 292 valence electrons. The normalized spacial score (nSPS) is 14.2. The highest BCUT2D eigenvalue weighted by Gasteiger charge is 2.35. The second-order valence-corrected chi connectivity index (χ2v) is 13.4. The average Bonchev–Trinajstić information content (AvgIpc) is 3.10. The van der Waals surface area contributed by atoms with Crippen LogP contribution in [0.15, 0.2) is 36.4 Å². The van der Waals surface area contributed by atoms with Gasteiger partial charge >= 0.3 is 12.0 Å². The Morgan fingerprint density at radius 3 is 1.75 bits per heavy atom. The minimum absolute atomic E-state index is 0.00422. The van der Waals surface area contributed by atoms with Crippen LogP contribution in [0.2, 0.25) is 0 Å². The lowest BCUT2D eigenvalue weighted by Crippen LogP contribution is -2.59. The molecule has 0 heterocycles. The van der Waals surface area contributed by atoms with E-state index in [-0.39, 0.29) is 38.1 Å². The van der Waals surface area contributed by atoms with Crippen molar-refractivity contribution in [2.45, 2.75) is 129 Å². The Balaban J connectivity index is 3.52. The molecule has 15 heteroatoms. The summed E-state index contributed by atoms with van der Waals surface area (Å²) in [6, 6.07) is 0.885. The van der Waals surface area contributed by atoms with Gasteiger partial charge in [0.2, 0.25) is 17.7 Å². The lowest BCUT2D eigenvalue weighted by Gasteiger charge is -2.30. The van der Waals surface area contributed by atoms with Crippen LogP contribution in [0.4, 0.5) is 4.79 Å². The molecule has 0 saturated heterocycles. The second-order valence-electron chi connectivity index (χ2n) is 13.4. The topological polar surface area (TPSA) is 252 Å². The third-order valence-corrected chi connectivity index (χ3v) is 8.44. The number of carboxylic acid groups (broad SMARTS) is 1. The van der Waals surface area contributed by atoms with Crippen LogP contribution < -0.4 is 38.5 Å². The van der Waals surface area contributed by atoms with Crippen LogP contribution in [0, 0.1) is 5.92 Å². The number of aliphatic carboxylic acids is 1. The molecule has 0 aromatic heterocycles. The average molecular weight is 731 g/mol. The number of urea groups is 1. The number of benzene rings is 1. The number of unbranched alkanes of at least 4 members (excludes halogenated alkanes) is 2. The predicted molar refractivity (Wildman–Crippen MR) is 200 cm³/mol. The molecule has 0 radical (unpaired) electrons.